The van der Waals surface area contributed by atoms with Gasteiger partial charge in [0.25, 0.3) is 0 Å². The van der Waals surface area contributed by atoms with Gasteiger partial charge in [0.2, 0.25) is 0 Å². The minimum Gasteiger partial charge on any atom is -0.466 e. The summed E-state index contributed by atoms with van der Waals surface area (Å²) in [6, 6.07) is 0. The molecule has 0 aromatic heterocycles. The van der Waals surface area contributed by atoms with E-state index in [1.807, 2.05) is 0 Å². The highest BCUT2D eigenvalue weighted by atomic mass is 16.5. The van der Waals surface area contributed by atoms with Gasteiger partial charge in [-0.3, -0.25) is 9.59 Å². The zero-order valence-corrected chi connectivity index (χ0v) is 8.62. The standard InChI is InChI=1S/C10H14O4/c1-7(11)4-5-9(6-8(2)12)10(13)14-3/h5H,4,6H2,1-3H3. The maximum Gasteiger partial charge on any atom is 0.333 e. The van der Waals surface area contributed by atoms with E-state index in [1.54, 1.807) is 0 Å². The van der Waals surface area contributed by atoms with Crippen molar-refractivity contribution < 1.29 is 19.1 Å². The van der Waals surface area contributed by atoms with Crippen LogP contribution in [0.1, 0.15) is 26.7 Å². The van der Waals surface area contributed by atoms with Gasteiger partial charge in [-0.05, 0) is 13.8 Å². The Morgan fingerprint density at radius 3 is 2.07 bits per heavy atom. The molecule has 0 saturated heterocycles. The number of hydrogen-bond acceptors (Lipinski definition) is 4. The molecular weight excluding hydrogens is 184 g/mol. The highest BCUT2D eigenvalue weighted by Gasteiger charge is 2.11. The third kappa shape index (κ3) is 5.24. The lowest BCUT2D eigenvalue weighted by Crippen LogP contribution is -2.08. The second-order valence-electron chi connectivity index (χ2n) is 3.01. The topological polar surface area (TPSA) is 60.4 Å². The Bertz CT molecular complexity index is 276. The van der Waals surface area contributed by atoms with Crippen molar-refractivity contribution in [3.63, 3.8) is 0 Å². The number of esters is 1. The van der Waals surface area contributed by atoms with Crippen molar-refractivity contribution in [2.75, 3.05) is 7.11 Å². The zero-order valence-electron chi connectivity index (χ0n) is 8.62. The Morgan fingerprint density at radius 2 is 1.71 bits per heavy atom. The van der Waals surface area contributed by atoms with Crippen LogP contribution in [0.15, 0.2) is 11.6 Å². The molecule has 0 atom stereocenters. The maximum absolute atomic E-state index is 11.1. The molecule has 0 aliphatic carbocycles. The number of rotatable bonds is 5. The van der Waals surface area contributed by atoms with Gasteiger partial charge in [-0.25, -0.2) is 4.79 Å². The predicted molar refractivity (Wildman–Crippen MR) is 50.7 cm³/mol. The van der Waals surface area contributed by atoms with E-state index in [2.05, 4.69) is 4.74 Å². The first-order chi connectivity index (χ1) is 6.47. The summed E-state index contributed by atoms with van der Waals surface area (Å²) in [6.45, 7) is 2.80. The highest BCUT2D eigenvalue weighted by Crippen LogP contribution is 2.06. The van der Waals surface area contributed by atoms with Gasteiger partial charge in [-0.15, -0.1) is 0 Å². The second kappa shape index (κ2) is 6.07. The molecule has 0 heterocycles. The molecule has 0 aromatic rings. The molecular formula is C10H14O4. The van der Waals surface area contributed by atoms with Gasteiger partial charge in [0, 0.05) is 18.4 Å². The van der Waals surface area contributed by atoms with Crippen LogP contribution < -0.4 is 0 Å². The molecule has 0 amide bonds. The van der Waals surface area contributed by atoms with Crippen molar-refractivity contribution in [3.05, 3.63) is 11.6 Å². The van der Waals surface area contributed by atoms with Crippen LogP contribution in [0.5, 0.6) is 0 Å². The molecule has 0 spiro atoms. The van der Waals surface area contributed by atoms with Crippen molar-refractivity contribution in [2.24, 2.45) is 0 Å². The summed E-state index contributed by atoms with van der Waals surface area (Å²) >= 11 is 0. The molecule has 0 saturated carbocycles. The average molecular weight is 198 g/mol. The lowest BCUT2D eigenvalue weighted by atomic mass is 10.1. The summed E-state index contributed by atoms with van der Waals surface area (Å²) < 4.78 is 4.47. The highest BCUT2D eigenvalue weighted by molar-refractivity contribution is 5.95. The third-order valence-electron chi connectivity index (χ3n) is 1.52. The number of Topliss-reactive ketones (excluding diaryl/α,β-unsaturated/α-hetero) is 2. The van der Waals surface area contributed by atoms with Gasteiger partial charge < -0.3 is 4.74 Å². The maximum atomic E-state index is 11.1. The van der Waals surface area contributed by atoms with Crippen molar-refractivity contribution in [1.82, 2.24) is 0 Å². The van der Waals surface area contributed by atoms with Gasteiger partial charge in [0.05, 0.1) is 7.11 Å². The number of allylic oxidation sites excluding steroid dienone is 1. The van der Waals surface area contributed by atoms with Gasteiger partial charge >= 0.3 is 5.97 Å². The number of carbonyl (C=O) groups is 3. The van der Waals surface area contributed by atoms with E-state index in [-0.39, 0.29) is 30.0 Å². The molecule has 0 rings (SSSR count). The molecule has 0 aliphatic rings. The van der Waals surface area contributed by atoms with E-state index in [4.69, 9.17) is 0 Å². The van der Waals surface area contributed by atoms with Crippen LogP contribution in [0.3, 0.4) is 0 Å². The van der Waals surface area contributed by atoms with E-state index in [0.717, 1.165) is 0 Å². The van der Waals surface area contributed by atoms with Crippen molar-refractivity contribution >= 4 is 17.5 Å². The van der Waals surface area contributed by atoms with Crippen LogP contribution in [0.2, 0.25) is 0 Å². The quantitative estimate of drug-likeness (QED) is 0.489. The Labute approximate surface area is 82.9 Å². The number of hydrogen-bond donors (Lipinski definition) is 0. The van der Waals surface area contributed by atoms with E-state index >= 15 is 0 Å². The normalized spacial score (nSPS) is 10.9. The molecule has 4 nitrogen and oxygen atoms in total. The summed E-state index contributed by atoms with van der Waals surface area (Å²) in [6.07, 6.45) is 1.60. The lowest BCUT2D eigenvalue weighted by Gasteiger charge is -2.02. The fraction of sp³-hybridized carbons (Fsp3) is 0.500. The van der Waals surface area contributed by atoms with Crippen LogP contribution in [0, 0.1) is 0 Å². The Kier molecular flexibility index (Phi) is 5.44. The second-order valence-corrected chi connectivity index (χ2v) is 3.01. The molecule has 0 aromatic carbocycles. The first-order valence-corrected chi connectivity index (χ1v) is 4.23. The fourth-order valence-electron chi connectivity index (χ4n) is 0.894. The minimum atomic E-state index is -0.554. The molecule has 0 bridgehead atoms. The summed E-state index contributed by atoms with van der Waals surface area (Å²) in [5.41, 5.74) is 0.246. The Morgan fingerprint density at radius 1 is 1.14 bits per heavy atom. The minimum absolute atomic E-state index is 0.0138. The van der Waals surface area contributed by atoms with E-state index in [0.29, 0.717) is 0 Å². The van der Waals surface area contributed by atoms with Crippen molar-refractivity contribution in [3.8, 4) is 0 Å². The third-order valence-corrected chi connectivity index (χ3v) is 1.52. The first-order valence-electron chi connectivity index (χ1n) is 4.23. The van der Waals surface area contributed by atoms with Crippen molar-refractivity contribution in [2.45, 2.75) is 26.7 Å². The average Bonchev–Trinajstić information content (AvgIpc) is 2.10. The van der Waals surface area contributed by atoms with Crippen LogP contribution in [0.4, 0.5) is 0 Å². The van der Waals surface area contributed by atoms with Gasteiger partial charge in [-0.2, -0.15) is 0 Å². The van der Waals surface area contributed by atoms with Gasteiger partial charge in [0.1, 0.15) is 11.6 Å². The molecule has 14 heavy (non-hydrogen) atoms. The molecule has 78 valence electrons. The molecule has 0 N–H and O–H groups in total. The summed E-state index contributed by atoms with van der Waals surface area (Å²) in [5, 5.41) is 0. The van der Waals surface area contributed by atoms with Crippen LogP contribution in [-0.2, 0) is 19.1 Å². The molecule has 4 heteroatoms. The number of ketones is 2. The van der Waals surface area contributed by atoms with Gasteiger partial charge in [0.15, 0.2) is 0 Å². The van der Waals surface area contributed by atoms with E-state index in [9.17, 15) is 14.4 Å². The van der Waals surface area contributed by atoms with Crippen molar-refractivity contribution in [1.29, 1.82) is 0 Å². The summed E-state index contributed by atoms with van der Waals surface area (Å²) in [4.78, 5) is 32.6. The van der Waals surface area contributed by atoms with Crippen LogP contribution in [-0.4, -0.2) is 24.6 Å². The molecule has 0 unspecified atom stereocenters. The number of carbonyl (C=O) groups excluding carboxylic acids is 3. The Balaban J connectivity index is 4.53. The summed E-state index contributed by atoms with van der Waals surface area (Å²) in [7, 11) is 1.24. The number of ether oxygens (including phenoxy) is 1. The zero-order chi connectivity index (χ0) is 11.1. The van der Waals surface area contributed by atoms with E-state index in [1.165, 1.54) is 27.0 Å². The lowest BCUT2D eigenvalue weighted by molar-refractivity contribution is -0.137. The molecule has 0 radical (unpaired) electrons. The SMILES string of the molecule is COC(=O)C(=CCC(C)=O)CC(C)=O. The summed E-state index contributed by atoms with van der Waals surface area (Å²) in [5.74, 6) is -0.749. The largest absolute Gasteiger partial charge is 0.466 e. The van der Waals surface area contributed by atoms with Crippen LogP contribution >= 0.6 is 0 Å². The van der Waals surface area contributed by atoms with Crippen LogP contribution in [0.25, 0.3) is 0 Å². The Hall–Kier alpha value is -1.45. The fourth-order valence-corrected chi connectivity index (χ4v) is 0.894. The molecule has 0 aliphatic heterocycles. The first kappa shape index (κ1) is 12.6. The predicted octanol–water partition coefficient (Wildman–Crippen LogP) is 1.04. The monoisotopic (exact) mass is 198 g/mol. The van der Waals surface area contributed by atoms with E-state index < -0.39 is 5.97 Å². The smallest absolute Gasteiger partial charge is 0.333 e. The molecule has 0 fully saturated rings. The van der Waals surface area contributed by atoms with Gasteiger partial charge in [-0.1, -0.05) is 6.08 Å². The number of methoxy groups -OCH3 is 1.